The van der Waals surface area contributed by atoms with Gasteiger partial charge >= 0.3 is 0 Å². The lowest BCUT2D eigenvalue weighted by Gasteiger charge is -2.35. The van der Waals surface area contributed by atoms with Gasteiger partial charge in [-0.15, -0.1) is 0 Å². The summed E-state index contributed by atoms with van der Waals surface area (Å²) in [4.78, 5) is 2.55. The number of anilines is 2. The number of rotatable bonds is 5. The summed E-state index contributed by atoms with van der Waals surface area (Å²) in [6.45, 7) is 0. The normalized spacial score (nSPS) is 14.4. The van der Waals surface area contributed by atoms with E-state index < -0.39 is 0 Å². The number of hydrogen-bond acceptors (Lipinski definition) is 2. The minimum atomic E-state index is 0.0882. The van der Waals surface area contributed by atoms with Crippen molar-refractivity contribution in [1.82, 2.24) is 0 Å². The van der Waals surface area contributed by atoms with Gasteiger partial charge in [0.1, 0.15) is 11.2 Å². The maximum atomic E-state index is 6.78. The van der Waals surface area contributed by atoms with Crippen LogP contribution in [0.25, 0.3) is 81.7 Å². The van der Waals surface area contributed by atoms with E-state index in [0.717, 1.165) is 45.2 Å². The molecule has 0 radical (unpaired) electrons. The zero-order valence-corrected chi connectivity index (χ0v) is 29.6. The Morgan fingerprint density at radius 1 is 0.444 bits per heavy atom. The van der Waals surface area contributed by atoms with Crippen molar-refractivity contribution in [3.05, 3.63) is 200 Å². The van der Waals surface area contributed by atoms with Gasteiger partial charge in [0.2, 0.25) is 0 Å². The van der Waals surface area contributed by atoms with Crippen LogP contribution in [-0.2, 0) is 0 Å². The molecule has 0 amide bonds. The summed E-state index contributed by atoms with van der Waals surface area (Å²) in [5.41, 5.74) is 8.90. The predicted molar refractivity (Wildman–Crippen MR) is 230 cm³/mol. The minimum absolute atomic E-state index is 0.0882. The molecule has 0 N–H and O–H groups in total. The Labute approximate surface area is 313 Å². The van der Waals surface area contributed by atoms with E-state index in [1.807, 2.05) is 0 Å². The molecule has 1 aliphatic rings. The van der Waals surface area contributed by atoms with E-state index in [0.29, 0.717) is 0 Å². The molecule has 0 bridgehead atoms. The van der Waals surface area contributed by atoms with Crippen molar-refractivity contribution in [2.75, 3.05) is 4.90 Å². The van der Waals surface area contributed by atoms with E-state index in [4.69, 9.17) is 4.42 Å². The fourth-order valence-electron chi connectivity index (χ4n) is 8.72. The highest BCUT2D eigenvalue weighted by atomic mass is 16.3. The average Bonchev–Trinajstić information content (AvgIpc) is 3.61. The van der Waals surface area contributed by atoms with Crippen molar-refractivity contribution in [3.8, 4) is 11.1 Å². The Balaban J connectivity index is 1.04. The molecule has 1 heterocycles. The van der Waals surface area contributed by atoms with Crippen molar-refractivity contribution < 1.29 is 4.42 Å². The Morgan fingerprint density at radius 2 is 1.07 bits per heavy atom. The lowest BCUT2D eigenvalue weighted by molar-refractivity contribution is 0.670. The molecular formula is C52H35NO. The molecular weight excluding hydrogens is 655 g/mol. The zero-order chi connectivity index (χ0) is 35.6. The predicted octanol–water partition coefficient (Wildman–Crippen LogP) is 14.4. The number of hydrogen-bond donors (Lipinski definition) is 0. The first kappa shape index (κ1) is 30.7. The van der Waals surface area contributed by atoms with Crippen LogP contribution < -0.4 is 4.90 Å². The maximum absolute atomic E-state index is 6.78. The fourth-order valence-corrected chi connectivity index (χ4v) is 8.72. The van der Waals surface area contributed by atoms with Crippen LogP contribution in [0.15, 0.2) is 199 Å². The SMILES string of the molecule is C1=CC(N(c2ccccc2-c2cccc3c2oc2cc4ccccc4cc23)c2cccc3ccccc23)CC=C1c1ccc2c(ccc3ccccc32)c1. The van der Waals surface area contributed by atoms with E-state index in [-0.39, 0.29) is 6.04 Å². The summed E-state index contributed by atoms with van der Waals surface area (Å²) < 4.78 is 6.78. The molecule has 9 aromatic carbocycles. The fraction of sp³-hybridized carbons (Fsp3) is 0.0385. The van der Waals surface area contributed by atoms with Crippen molar-refractivity contribution >= 4 is 82.0 Å². The van der Waals surface area contributed by atoms with Gasteiger partial charge in [0.15, 0.2) is 0 Å². The van der Waals surface area contributed by atoms with Crippen LogP contribution in [-0.4, -0.2) is 6.04 Å². The van der Waals surface area contributed by atoms with Gasteiger partial charge in [-0.05, 0) is 85.6 Å². The van der Waals surface area contributed by atoms with Gasteiger partial charge in [-0.25, -0.2) is 0 Å². The van der Waals surface area contributed by atoms with Crippen molar-refractivity contribution in [3.63, 3.8) is 0 Å². The Morgan fingerprint density at radius 3 is 1.93 bits per heavy atom. The molecule has 1 aliphatic carbocycles. The second-order valence-electron chi connectivity index (χ2n) is 14.4. The number of benzene rings is 9. The van der Waals surface area contributed by atoms with E-state index in [9.17, 15) is 0 Å². The summed E-state index contributed by atoms with van der Waals surface area (Å²) in [5.74, 6) is 0. The monoisotopic (exact) mass is 689 g/mol. The number of nitrogens with zero attached hydrogens (tertiary/aromatic N) is 1. The first-order valence-electron chi connectivity index (χ1n) is 18.8. The number of para-hydroxylation sites is 2. The highest BCUT2D eigenvalue weighted by Crippen LogP contribution is 2.45. The van der Waals surface area contributed by atoms with Gasteiger partial charge in [-0.1, -0.05) is 164 Å². The Kier molecular flexibility index (Phi) is 7.03. The molecule has 1 aromatic heterocycles. The minimum Gasteiger partial charge on any atom is -0.455 e. The second-order valence-corrected chi connectivity index (χ2v) is 14.4. The smallest absolute Gasteiger partial charge is 0.143 e. The molecule has 54 heavy (non-hydrogen) atoms. The van der Waals surface area contributed by atoms with Crippen LogP contribution in [0.2, 0.25) is 0 Å². The van der Waals surface area contributed by atoms with Crippen LogP contribution in [0.4, 0.5) is 11.4 Å². The molecule has 10 aromatic rings. The maximum Gasteiger partial charge on any atom is 0.143 e. The molecule has 2 heteroatoms. The van der Waals surface area contributed by atoms with Crippen LogP contribution in [0.1, 0.15) is 12.0 Å². The van der Waals surface area contributed by atoms with E-state index in [1.165, 1.54) is 59.9 Å². The number of furan rings is 1. The van der Waals surface area contributed by atoms with Crippen molar-refractivity contribution in [2.45, 2.75) is 12.5 Å². The number of allylic oxidation sites excluding steroid dienone is 2. The molecule has 11 rings (SSSR count). The zero-order valence-electron chi connectivity index (χ0n) is 29.6. The van der Waals surface area contributed by atoms with Gasteiger partial charge in [-0.3, -0.25) is 0 Å². The molecule has 2 nitrogen and oxygen atoms in total. The molecule has 0 saturated carbocycles. The quantitative estimate of drug-likeness (QED) is 0.167. The van der Waals surface area contributed by atoms with E-state index in [1.54, 1.807) is 0 Å². The van der Waals surface area contributed by atoms with Crippen LogP contribution >= 0.6 is 0 Å². The largest absolute Gasteiger partial charge is 0.455 e. The highest BCUT2D eigenvalue weighted by Gasteiger charge is 2.26. The second kappa shape index (κ2) is 12.4. The third-order valence-electron chi connectivity index (χ3n) is 11.3. The summed E-state index contributed by atoms with van der Waals surface area (Å²) >= 11 is 0. The van der Waals surface area contributed by atoms with Crippen molar-refractivity contribution in [1.29, 1.82) is 0 Å². The summed E-state index contributed by atoms with van der Waals surface area (Å²) in [6.07, 6.45) is 7.99. The average molecular weight is 690 g/mol. The van der Waals surface area contributed by atoms with Crippen LogP contribution in [0.3, 0.4) is 0 Å². The first-order chi connectivity index (χ1) is 26.8. The van der Waals surface area contributed by atoms with Gasteiger partial charge in [0.05, 0.1) is 6.04 Å². The van der Waals surface area contributed by atoms with Crippen molar-refractivity contribution in [2.24, 2.45) is 0 Å². The lowest BCUT2D eigenvalue weighted by atomic mass is 9.92. The van der Waals surface area contributed by atoms with Gasteiger partial charge in [-0.2, -0.15) is 0 Å². The third kappa shape index (κ3) is 4.95. The summed E-state index contributed by atoms with van der Waals surface area (Å²) in [5, 5.41) is 12.3. The number of fused-ring (bicyclic) bond motifs is 8. The summed E-state index contributed by atoms with van der Waals surface area (Å²) in [6, 6.07) is 63.9. The van der Waals surface area contributed by atoms with Crippen LogP contribution in [0, 0.1) is 0 Å². The molecule has 0 spiro atoms. The van der Waals surface area contributed by atoms with E-state index in [2.05, 4.69) is 199 Å². The third-order valence-corrected chi connectivity index (χ3v) is 11.3. The molecule has 0 fully saturated rings. The molecule has 0 saturated heterocycles. The molecule has 1 unspecified atom stereocenters. The Hall–Kier alpha value is -6.90. The van der Waals surface area contributed by atoms with Gasteiger partial charge in [0, 0.05) is 38.7 Å². The van der Waals surface area contributed by atoms with Gasteiger partial charge in [0.25, 0.3) is 0 Å². The lowest BCUT2D eigenvalue weighted by Crippen LogP contribution is -2.30. The summed E-state index contributed by atoms with van der Waals surface area (Å²) in [7, 11) is 0. The first-order valence-corrected chi connectivity index (χ1v) is 18.8. The highest BCUT2D eigenvalue weighted by molar-refractivity contribution is 6.14. The molecule has 1 atom stereocenters. The van der Waals surface area contributed by atoms with Crippen LogP contribution in [0.5, 0.6) is 0 Å². The van der Waals surface area contributed by atoms with Gasteiger partial charge < -0.3 is 9.32 Å². The van der Waals surface area contributed by atoms with E-state index >= 15 is 0 Å². The topological polar surface area (TPSA) is 16.4 Å². The molecule has 254 valence electrons. The Bertz CT molecular complexity index is 3160. The standard InChI is InChI=1S/C52H35NO/c1-2-14-38-33-51-48(32-37(38)13-1)47-20-10-19-46(52(47)54-51)45-18-7-8-21-50(45)53(49-22-9-15-35-11-4-6-17-44(35)49)41-28-25-34(26-29-41)39-27-30-43-40(31-39)24-23-36-12-3-5-16-42(36)43/h1-28,30-33,41H,29H2. The molecule has 0 aliphatic heterocycles.